The van der Waals surface area contributed by atoms with Crippen LogP contribution < -0.4 is 9.47 Å². The summed E-state index contributed by atoms with van der Waals surface area (Å²) in [5.41, 5.74) is 1.75. The molecule has 0 aliphatic carbocycles. The number of rotatable bonds is 6. The first kappa shape index (κ1) is 21.7. The average molecular weight is 459 g/mol. The zero-order valence-corrected chi connectivity index (χ0v) is 18.7. The molecule has 1 fully saturated rings. The van der Waals surface area contributed by atoms with Gasteiger partial charge in [0, 0.05) is 23.7 Å². The van der Waals surface area contributed by atoms with Crippen molar-refractivity contribution in [2.45, 2.75) is 13.5 Å². The van der Waals surface area contributed by atoms with E-state index in [1.807, 2.05) is 55.5 Å². The lowest BCUT2D eigenvalue weighted by atomic mass is 10.2. The number of aliphatic imine (C=N–C) groups is 1. The van der Waals surface area contributed by atoms with E-state index >= 15 is 0 Å². The van der Waals surface area contributed by atoms with E-state index in [2.05, 4.69) is 9.89 Å². The van der Waals surface area contributed by atoms with Crippen LogP contribution in [-0.2, 0) is 16.1 Å². The summed E-state index contributed by atoms with van der Waals surface area (Å²) >= 11 is 7.62. The van der Waals surface area contributed by atoms with E-state index in [4.69, 9.17) is 25.8 Å². The van der Waals surface area contributed by atoms with E-state index in [-0.39, 0.29) is 5.91 Å². The predicted octanol–water partition coefficient (Wildman–Crippen LogP) is 4.62. The van der Waals surface area contributed by atoms with Crippen LogP contribution in [-0.4, -0.2) is 48.9 Å². The number of carbonyl (C=O) groups is 1. The molecule has 0 radical (unpaired) electrons. The molecule has 0 N–H and O–H groups in total. The number of carbonyl (C=O) groups excluding carboxylic acids is 1. The van der Waals surface area contributed by atoms with Crippen molar-refractivity contribution in [3.8, 4) is 11.5 Å². The average Bonchev–Trinajstić information content (AvgIpc) is 3.15. The van der Waals surface area contributed by atoms with Crippen molar-refractivity contribution in [3.05, 3.63) is 63.5 Å². The van der Waals surface area contributed by atoms with Gasteiger partial charge >= 0.3 is 0 Å². The molecule has 0 unspecified atom stereocenters. The molecule has 2 aliphatic rings. The molecule has 0 spiro atoms. The van der Waals surface area contributed by atoms with Crippen molar-refractivity contribution in [3.63, 3.8) is 0 Å². The van der Waals surface area contributed by atoms with Crippen LogP contribution in [0.25, 0.3) is 6.08 Å². The number of nitrogens with zero attached hydrogens (tertiary/aromatic N) is 2. The largest absolute Gasteiger partial charge is 0.490 e. The monoisotopic (exact) mass is 458 g/mol. The molecular weight excluding hydrogens is 436 g/mol. The summed E-state index contributed by atoms with van der Waals surface area (Å²) in [6.45, 7) is 5.56. The second-order valence-electron chi connectivity index (χ2n) is 6.93. The van der Waals surface area contributed by atoms with Gasteiger partial charge < -0.3 is 19.1 Å². The Morgan fingerprint density at radius 2 is 1.97 bits per heavy atom. The number of hydrogen-bond donors (Lipinski definition) is 0. The van der Waals surface area contributed by atoms with Gasteiger partial charge in [-0.25, -0.2) is 0 Å². The summed E-state index contributed by atoms with van der Waals surface area (Å²) < 4.78 is 17.1. The Bertz CT molecular complexity index is 1020. The van der Waals surface area contributed by atoms with Gasteiger partial charge in [0.2, 0.25) is 0 Å². The van der Waals surface area contributed by atoms with Crippen molar-refractivity contribution >= 4 is 40.5 Å². The Kier molecular flexibility index (Phi) is 7.17. The molecule has 1 amide bonds. The Balaban J connectivity index is 1.48. The first-order chi connectivity index (χ1) is 15.1. The Morgan fingerprint density at radius 3 is 2.74 bits per heavy atom. The van der Waals surface area contributed by atoms with Crippen LogP contribution in [0.1, 0.15) is 18.1 Å². The minimum Gasteiger partial charge on any atom is -0.490 e. The van der Waals surface area contributed by atoms with Crippen LogP contribution in [0.15, 0.2) is 52.4 Å². The second kappa shape index (κ2) is 10.2. The number of amides is 1. The van der Waals surface area contributed by atoms with Crippen LogP contribution in [0.2, 0.25) is 5.02 Å². The molecule has 0 bridgehead atoms. The number of ether oxygens (including phenoxy) is 3. The Hall–Kier alpha value is -2.48. The maximum absolute atomic E-state index is 12.4. The third-order valence-corrected chi connectivity index (χ3v) is 6.21. The third kappa shape index (κ3) is 5.42. The van der Waals surface area contributed by atoms with Gasteiger partial charge in [0.25, 0.3) is 5.91 Å². The predicted molar refractivity (Wildman–Crippen MR) is 124 cm³/mol. The Labute approximate surface area is 190 Å². The minimum atomic E-state index is -0.219. The van der Waals surface area contributed by atoms with Crippen LogP contribution in [0.5, 0.6) is 11.5 Å². The summed E-state index contributed by atoms with van der Waals surface area (Å²) in [7, 11) is 0. The maximum atomic E-state index is 12.4. The lowest BCUT2D eigenvalue weighted by molar-refractivity contribution is -0.113. The molecule has 2 aromatic rings. The summed E-state index contributed by atoms with van der Waals surface area (Å²) in [5.74, 6) is 1.02. The van der Waals surface area contributed by atoms with Gasteiger partial charge in [-0.05, 0) is 48.5 Å². The van der Waals surface area contributed by atoms with Gasteiger partial charge in [-0.1, -0.05) is 35.9 Å². The number of amidine groups is 1. The van der Waals surface area contributed by atoms with Crippen molar-refractivity contribution in [1.82, 2.24) is 4.90 Å². The molecule has 162 valence electrons. The van der Waals surface area contributed by atoms with Gasteiger partial charge in [-0.15, -0.1) is 0 Å². The number of hydrogen-bond acceptors (Lipinski definition) is 6. The minimum absolute atomic E-state index is 0.219. The maximum Gasteiger partial charge on any atom is 0.286 e. The number of halogens is 1. The normalized spacial score (nSPS) is 17.7. The summed E-state index contributed by atoms with van der Waals surface area (Å²) in [6.07, 6.45) is 1.84. The highest BCUT2D eigenvalue weighted by Gasteiger charge is 2.27. The molecule has 1 saturated heterocycles. The summed E-state index contributed by atoms with van der Waals surface area (Å²) in [5, 5.41) is 1.40. The van der Waals surface area contributed by atoms with Crippen LogP contribution in [0.4, 0.5) is 0 Å². The molecule has 0 aromatic heterocycles. The standard InChI is InChI=1S/C23H23ClN2O4S/c1-2-29-20-13-16(7-8-19(20)30-15-17-5-3-4-6-18(17)24)14-21-22(27)25-23(31-21)26-9-11-28-12-10-26/h3-8,13-14H,2,9-12,15H2,1H3/b21-14+. The van der Waals surface area contributed by atoms with Gasteiger partial charge in [0.1, 0.15) is 6.61 Å². The first-order valence-corrected chi connectivity index (χ1v) is 11.3. The van der Waals surface area contributed by atoms with Crippen molar-refractivity contribution < 1.29 is 19.0 Å². The fourth-order valence-corrected chi connectivity index (χ4v) is 4.37. The quantitative estimate of drug-likeness (QED) is 0.588. The van der Waals surface area contributed by atoms with E-state index < -0.39 is 0 Å². The Morgan fingerprint density at radius 1 is 1.16 bits per heavy atom. The first-order valence-electron chi connectivity index (χ1n) is 10.1. The fourth-order valence-electron chi connectivity index (χ4n) is 3.21. The second-order valence-corrected chi connectivity index (χ2v) is 8.35. The van der Waals surface area contributed by atoms with Gasteiger partial charge in [0.15, 0.2) is 16.7 Å². The topological polar surface area (TPSA) is 60.4 Å². The van der Waals surface area contributed by atoms with Crippen molar-refractivity contribution in [1.29, 1.82) is 0 Å². The third-order valence-electron chi connectivity index (χ3n) is 4.80. The lowest BCUT2D eigenvalue weighted by Gasteiger charge is -2.27. The highest BCUT2D eigenvalue weighted by Crippen LogP contribution is 2.34. The van der Waals surface area contributed by atoms with Crippen LogP contribution in [0.3, 0.4) is 0 Å². The van der Waals surface area contributed by atoms with E-state index in [9.17, 15) is 4.79 Å². The van der Waals surface area contributed by atoms with Gasteiger partial charge in [0.05, 0.1) is 24.7 Å². The van der Waals surface area contributed by atoms with E-state index in [1.165, 1.54) is 11.8 Å². The molecular formula is C23H23ClN2O4S. The zero-order valence-electron chi connectivity index (χ0n) is 17.2. The van der Waals surface area contributed by atoms with E-state index in [0.29, 0.717) is 47.9 Å². The van der Waals surface area contributed by atoms with E-state index in [0.717, 1.165) is 29.4 Å². The summed E-state index contributed by atoms with van der Waals surface area (Å²) in [6, 6.07) is 13.2. The molecule has 8 heteroatoms. The molecule has 0 saturated carbocycles. The molecule has 2 heterocycles. The van der Waals surface area contributed by atoms with Crippen LogP contribution >= 0.6 is 23.4 Å². The van der Waals surface area contributed by atoms with Crippen LogP contribution in [0, 0.1) is 0 Å². The highest BCUT2D eigenvalue weighted by molar-refractivity contribution is 8.18. The molecule has 4 rings (SSSR count). The molecule has 31 heavy (non-hydrogen) atoms. The smallest absolute Gasteiger partial charge is 0.286 e. The van der Waals surface area contributed by atoms with Gasteiger partial charge in [-0.3, -0.25) is 4.79 Å². The highest BCUT2D eigenvalue weighted by atomic mass is 35.5. The number of benzene rings is 2. The van der Waals surface area contributed by atoms with Gasteiger partial charge in [-0.2, -0.15) is 4.99 Å². The molecule has 2 aromatic carbocycles. The van der Waals surface area contributed by atoms with Crippen molar-refractivity contribution in [2.24, 2.45) is 4.99 Å². The SMILES string of the molecule is CCOc1cc(/C=C2/SC(N3CCOCC3)=NC2=O)ccc1OCc1ccccc1Cl. The fraction of sp³-hybridized carbons (Fsp3) is 0.304. The zero-order chi connectivity index (χ0) is 21.6. The summed E-state index contributed by atoms with van der Waals surface area (Å²) in [4.78, 5) is 19.3. The van der Waals surface area contributed by atoms with E-state index in [1.54, 1.807) is 0 Å². The molecule has 0 atom stereocenters. The lowest BCUT2D eigenvalue weighted by Crippen LogP contribution is -2.38. The number of morpholine rings is 1. The molecule has 6 nitrogen and oxygen atoms in total. The molecule has 2 aliphatic heterocycles. The number of thioether (sulfide) groups is 1. The van der Waals surface area contributed by atoms with Crippen molar-refractivity contribution in [2.75, 3.05) is 32.9 Å².